The number of benzene rings is 1. The first-order valence-corrected chi connectivity index (χ1v) is 9.93. The molecule has 8 heteroatoms. The molecule has 0 spiro atoms. The number of aryl methyl sites for hydroxylation is 1. The summed E-state index contributed by atoms with van der Waals surface area (Å²) in [4.78, 5) is 16.9. The number of hydrogen-bond donors (Lipinski definition) is 1. The number of fused-ring (bicyclic) bond motifs is 1. The first-order chi connectivity index (χ1) is 13.6. The van der Waals surface area contributed by atoms with Crippen molar-refractivity contribution in [2.24, 2.45) is 0 Å². The highest BCUT2D eigenvalue weighted by molar-refractivity contribution is 7.99. The lowest BCUT2D eigenvalue weighted by molar-refractivity contribution is -0.119. The number of pyridine rings is 1. The average molecular weight is 392 g/mol. The maximum Gasteiger partial charge on any atom is 0.231 e. The smallest absolute Gasteiger partial charge is 0.231 e. The van der Waals surface area contributed by atoms with Gasteiger partial charge in [0.2, 0.25) is 5.91 Å². The zero-order valence-corrected chi connectivity index (χ0v) is 16.4. The molecular formula is C20H20N6OS. The Labute approximate surface area is 166 Å². The van der Waals surface area contributed by atoms with Crippen molar-refractivity contribution in [2.75, 3.05) is 5.75 Å². The Bertz CT molecular complexity index is 1120. The lowest BCUT2D eigenvalue weighted by atomic mass is 10.2. The van der Waals surface area contributed by atoms with Gasteiger partial charge in [-0.2, -0.15) is 0 Å². The number of nitrogens with one attached hydrogen (secondary N) is 1. The summed E-state index contributed by atoms with van der Waals surface area (Å²) < 4.78 is 3.88. The lowest BCUT2D eigenvalue weighted by Gasteiger charge is -2.13. The highest BCUT2D eigenvalue weighted by Gasteiger charge is 2.17. The molecule has 1 N–H and O–H groups in total. The molecule has 0 aliphatic carbocycles. The molecule has 1 atom stereocenters. The number of nitrogens with zero attached hydrogens (tertiary/aromatic N) is 5. The second-order valence-electron chi connectivity index (χ2n) is 6.43. The van der Waals surface area contributed by atoms with E-state index in [9.17, 15) is 4.79 Å². The van der Waals surface area contributed by atoms with Gasteiger partial charge >= 0.3 is 0 Å². The van der Waals surface area contributed by atoms with E-state index in [2.05, 4.69) is 33.5 Å². The van der Waals surface area contributed by atoms with Gasteiger partial charge in [0.25, 0.3) is 0 Å². The van der Waals surface area contributed by atoms with E-state index in [1.165, 1.54) is 11.8 Å². The van der Waals surface area contributed by atoms with E-state index in [0.29, 0.717) is 5.82 Å². The molecule has 4 aromatic rings. The molecule has 1 aromatic carbocycles. The largest absolute Gasteiger partial charge is 0.346 e. The summed E-state index contributed by atoms with van der Waals surface area (Å²) in [6.07, 6.45) is 5.55. The summed E-state index contributed by atoms with van der Waals surface area (Å²) in [6, 6.07) is 13.5. The van der Waals surface area contributed by atoms with Crippen molar-refractivity contribution in [2.45, 2.75) is 25.0 Å². The number of imidazole rings is 1. The van der Waals surface area contributed by atoms with Crippen molar-refractivity contribution in [3.8, 4) is 5.69 Å². The lowest BCUT2D eigenvalue weighted by Crippen LogP contribution is -2.29. The predicted octanol–water partition coefficient (Wildman–Crippen LogP) is 3.19. The van der Waals surface area contributed by atoms with Crippen LogP contribution in [0.2, 0.25) is 0 Å². The van der Waals surface area contributed by atoms with Gasteiger partial charge in [-0.1, -0.05) is 36.0 Å². The van der Waals surface area contributed by atoms with Gasteiger partial charge in [-0.15, -0.1) is 10.2 Å². The quantitative estimate of drug-likeness (QED) is 0.510. The third-order valence-corrected chi connectivity index (χ3v) is 5.39. The minimum absolute atomic E-state index is 0.0792. The molecule has 0 aliphatic heterocycles. The molecule has 142 valence electrons. The molecule has 0 saturated heterocycles. The molecule has 3 heterocycles. The van der Waals surface area contributed by atoms with E-state index < -0.39 is 0 Å². The SMILES string of the molecule is Cc1ccccc1-n1ccnc1SCC(=O)NC(C)c1nnc2ccccn12. The van der Waals surface area contributed by atoms with Gasteiger partial charge in [-0.05, 0) is 37.6 Å². The van der Waals surface area contributed by atoms with Gasteiger partial charge in [0.15, 0.2) is 16.6 Å². The van der Waals surface area contributed by atoms with E-state index in [0.717, 1.165) is 22.1 Å². The number of amides is 1. The Balaban J connectivity index is 1.42. The van der Waals surface area contributed by atoms with E-state index in [4.69, 9.17) is 0 Å². The monoisotopic (exact) mass is 392 g/mol. The molecule has 28 heavy (non-hydrogen) atoms. The highest BCUT2D eigenvalue weighted by atomic mass is 32.2. The van der Waals surface area contributed by atoms with Crippen LogP contribution in [0.3, 0.4) is 0 Å². The number of carbonyl (C=O) groups is 1. The zero-order chi connectivity index (χ0) is 19.5. The van der Waals surface area contributed by atoms with E-state index in [1.807, 2.05) is 64.7 Å². The molecule has 1 unspecified atom stereocenters. The summed E-state index contributed by atoms with van der Waals surface area (Å²) in [6.45, 7) is 3.96. The molecule has 0 fully saturated rings. The van der Waals surface area contributed by atoms with Crippen molar-refractivity contribution in [3.05, 3.63) is 72.4 Å². The molecule has 4 rings (SSSR count). The summed E-state index contributed by atoms with van der Waals surface area (Å²) in [5, 5.41) is 12.1. The van der Waals surface area contributed by atoms with Crippen LogP contribution in [0.25, 0.3) is 11.3 Å². The maximum atomic E-state index is 12.5. The van der Waals surface area contributed by atoms with Crippen LogP contribution in [-0.4, -0.2) is 35.8 Å². The first kappa shape index (κ1) is 18.2. The number of hydrogen-bond acceptors (Lipinski definition) is 5. The first-order valence-electron chi connectivity index (χ1n) is 8.94. The number of thioether (sulfide) groups is 1. The number of carbonyl (C=O) groups excluding carboxylic acids is 1. The Morgan fingerprint density at radius 2 is 1.96 bits per heavy atom. The molecule has 0 saturated carbocycles. The molecular weight excluding hydrogens is 372 g/mol. The van der Waals surface area contributed by atoms with Gasteiger partial charge in [-0.25, -0.2) is 4.98 Å². The van der Waals surface area contributed by atoms with E-state index in [-0.39, 0.29) is 17.7 Å². The Kier molecular flexibility index (Phi) is 5.12. The molecule has 1 amide bonds. The predicted molar refractivity (Wildman–Crippen MR) is 109 cm³/mol. The fourth-order valence-corrected chi connectivity index (χ4v) is 3.82. The minimum atomic E-state index is -0.249. The second kappa shape index (κ2) is 7.85. The Morgan fingerprint density at radius 1 is 1.14 bits per heavy atom. The summed E-state index contributed by atoms with van der Waals surface area (Å²) in [5.41, 5.74) is 2.97. The zero-order valence-electron chi connectivity index (χ0n) is 15.6. The molecule has 7 nitrogen and oxygen atoms in total. The van der Waals surface area contributed by atoms with Crippen LogP contribution in [0.4, 0.5) is 0 Å². The van der Waals surface area contributed by atoms with Gasteiger partial charge in [0.1, 0.15) is 0 Å². The molecule has 0 radical (unpaired) electrons. The van der Waals surface area contributed by atoms with Crippen LogP contribution in [-0.2, 0) is 4.79 Å². The van der Waals surface area contributed by atoms with Crippen molar-refractivity contribution < 1.29 is 4.79 Å². The Hall–Kier alpha value is -3.13. The van der Waals surface area contributed by atoms with Crippen molar-refractivity contribution >= 4 is 23.3 Å². The average Bonchev–Trinajstić information content (AvgIpc) is 3.33. The fraction of sp³-hybridized carbons (Fsp3) is 0.200. The second-order valence-corrected chi connectivity index (χ2v) is 7.37. The summed E-state index contributed by atoms with van der Waals surface area (Å²) in [7, 11) is 0. The van der Waals surface area contributed by atoms with Crippen LogP contribution < -0.4 is 5.32 Å². The van der Waals surface area contributed by atoms with E-state index in [1.54, 1.807) is 6.20 Å². The molecule has 3 aromatic heterocycles. The van der Waals surface area contributed by atoms with Gasteiger partial charge in [-0.3, -0.25) is 13.8 Å². The van der Waals surface area contributed by atoms with E-state index >= 15 is 0 Å². The topological polar surface area (TPSA) is 77.1 Å². The van der Waals surface area contributed by atoms with Crippen molar-refractivity contribution in [1.29, 1.82) is 0 Å². The maximum absolute atomic E-state index is 12.5. The standard InChI is InChI=1S/C20H20N6OS/c1-14-7-3-4-8-16(14)25-12-10-21-20(25)28-13-18(27)22-15(2)19-24-23-17-9-5-6-11-26(17)19/h3-12,15H,13H2,1-2H3,(H,22,27). The summed E-state index contributed by atoms with van der Waals surface area (Å²) in [5.74, 6) is 0.893. The van der Waals surface area contributed by atoms with Crippen molar-refractivity contribution in [3.63, 3.8) is 0 Å². The number of rotatable bonds is 6. The van der Waals surface area contributed by atoms with Crippen LogP contribution in [0.5, 0.6) is 0 Å². The molecule has 0 aliphatic rings. The van der Waals surface area contributed by atoms with Crippen LogP contribution >= 0.6 is 11.8 Å². The third-order valence-electron chi connectivity index (χ3n) is 4.42. The van der Waals surface area contributed by atoms with Crippen LogP contribution in [0.1, 0.15) is 24.4 Å². The van der Waals surface area contributed by atoms with Gasteiger partial charge < -0.3 is 5.32 Å². The number of aromatic nitrogens is 5. The third kappa shape index (κ3) is 3.63. The normalized spacial score (nSPS) is 12.2. The Morgan fingerprint density at radius 3 is 2.82 bits per heavy atom. The molecule has 0 bridgehead atoms. The minimum Gasteiger partial charge on any atom is -0.346 e. The van der Waals surface area contributed by atoms with Gasteiger partial charge in [0.05, 0.1) is 17.5 Å². The highest BCUT2D eigenvalue weighted by Crippen LogP contribution is 2.22. The fourth-order valence-electron chi connectivity index (χ4n) is 3.05. The van der Waals surface area contributed by atoms with Gasteiger partial charge in [0, 0.05) is 18.6 Å². The van der Waals surface area contributed by atoms with Crippen LogP contribution in [0, 0.1) is 6.92 Å². The number of para-hydroxylation sites is 1. The van der Waals surface area contributed by atoms with Crippen LogP contribution in [0.15, 0.2) is 66.2 Å². The summed E-state index contributed by atoms with van der Waals surface area (Å²) >= 11 is 1.41. The van der Waals surface area contributed by atoms with Crippen molar-refractivity contribution in [1.82, 2.24) is 29.5 Å².